The second-order valence-corrected chi connectivity index (χ2v) is 5.47. The summed E-state index contributed by atoms with van der Waals surface area (Å²) in [5.74, 6) is -0.781. The van der Waals surface area contributed by atoms with Crippen LogP contribution in [0.15, 0.2) is 18.2 Å². The van der Waals surface area contributed by atoms with E-state index in [-0.39, 0.29) is 22.6 Å². The van der Waals surface area contributed by atoms with E-state index in [1.54, 1.807) is 25.2 Å². The fourth-order valence-electron chi connectivity index (χ4n) is 2.10. The summed E-state index contributed by atoms with van der Waals surface area (Å²) in [4.78, 5) is 31.8. The molecule has 0 radical (unpaired) electrons. The first kappa shape index (κ1) is 17.7. The monoisotopic (exact) mass is 347 g/mol. The maximum atomic E-state index is 11.8. The largest absolute Gasteiger partial charge is 0.364 e. The van der Waals surface area contributed by atoms with Crippen LogP contribution in [0.25, 0.3) is 0 Å². The molecule has 0 unspecified atom stereocenters. The highest BCUT2D eigenvalue weighted by Gasteiger charge is 2.17. The number of nitrogens with two attached hydrogens (primary N) is 1. The number of amides is 2. The van der Waals surface area contributed by atoms with Crippen molar-refractivity contribution in [2.24, 2.45) is 5.73 Å². The highest BCUT2D eigenvalue weighted by Crippen LogP contribution is 2.25. The van der Waals surface area contributed by atoms with Gasteiger partial charge in [-0.2, -0.15) is 0 Å². The number of carbonyl (C=O) groups excluding carboxylic acids is 2. The molecule has 1 aromatic carbocycles. The van der Waals surface area contributed by atoms with Crippen molar-refractivity contribution >= 4 is 34.9 Å². The molecule has 2 aromatic rings. The van der Waals surface area contributed by atoms with Crippen LogP contribution in [0.1, 0.15) is 39.0 Å². The summed E-state index contributed by atoms with van der Waals surface area (Å²) in [6.45, 7) is 3.71. The maximum Gasteiger partial charge on any atom is 0.271 e. The van der Waals surface area contributed by atoms with Crippen LogP contribution >= 0.6 is 11.6 Å². The van der Waals surface area contributed by atoms with Crippen LogP contribution in [-0.4, -0.2) is 28.8 Å². The molecule has 0 aliphatic rings. The average molecular weight is 348 g/mol. The van der Waals surface area contributed by atoms with Crippen LogP contribution in [0.5, 0.6) is 0 Å². The quantitative estimate of drug-likeness (QED) is 0.768. The molecular weight excluding hydrogens is 330 g/mol. The first-order chi connectivity index (χ1) is 11.4. The third kappa shape index (κ3) is 3.62. The molecular formula is C16H18ClN5O2. The normalized spacial score (nSPS) is 10.3. The van der Waals surface area contributed by atoms with Crippen molar-refractivity contribution in [1.82, 2.24) is 15.3 Å². The molecule has 7 nitrogen and oxygen atoms in total. The molecule has 2 amide bonds. The Morgan fingerprint density at radius 2 is 2.00 bits per heavy atom. The minimum atomic E-state index is -0.712. The number of aromatic nitrogens is 2. The summed E-state index contributed by atoms with van der Waals surface area (Å²) in [7, 11) is 1.55. The molecule has 4 N–H and O–H groups in total. The molecule has 8 heteroatoms. The number of anilines is 2. The lowest BCUT2D eigenvalue weighted by atomic mass is 10.1. The SMILES string of the molecule is CCc1nc(C(N)=O)c(Nc2cc(C(=O)NC)ccc2C)nc1Cl. The molecule has 1 heterocycles. The molecule has 2 rings (SSSR count). The molecule has 0 aliphatic heterocycles. The number of halogens is 1. The van der Waals surface area contributed by atoms with Crippen molar-refractivity contribution < 1.29 is 9.59 Å². The van der Waals surface area contributed by atoms with Gasteiger partial charge in [-0.3, -0.25) is 9.59 Å². The van der Waals surface area contributed by atoms with Crippen LogP contribution in [0, 0.1) is 6.92 Å². The number of hydrogen-bond donors (Lipinski definition) is 3. The maximum absolute atomic E-state index is 11.8. The van der Waals surface area contributed by atoms with Gasteiger partial charge in [0.15, 0.2) is 16.7 Å². The number of hydrogen-bond acceptors (Lipinski definition) is 5. The topological polar surface area (TPSA) is 110 Å². The smallest absolute Gasteiger partial charge is 0.271 e. The highest BCUT2D eigenvalue weighted by molar-refractivity contribution is 6.30. The van der Waals surface area contributed by atoms with E-state index in [0.717, 1.165) is 5.56 Å². The number of benzene rings is 1. The summed E-state index contributed by atoms with van der Waals surface area (Å²) < 4.78 is 0. The highest BCUT2D eigenvalue weighted by atomic mass is 35.5. The second-order valence-electron chi connectivity index (χ2n) is 5.11. The Labute approximate surface area is 144 Å². The van der Waals surface area contributed by atoms with E-state index in [1.807, 2.05) is 13.8 Å². The summed E-state index contributed by atoms with van der Waals surface area (Å²) in [5.41, 5.74) is 7.81. The Bertz CT molecular complexity index is 807. The number of aryl methyl sites for hydroxylation is 2. The number of primary amides is 1. The fraction of sp³-hybridized carbons (Fsp3) is 0.250. The van der Waals surface area contributed by atoms with Crippen LogP contribution in [0.2, 0.25) is 5.15 Å². The molecule has 0 bridgehead atoms. The van der Waals surface area contributed by atoms with Gasteiger partial charge in [0, 0.05) is 18.3 Å². The summed E-state index contributed by atoms with van der Waals surface area (Å²) in [6, 6.07) is 5.14. The van der Waals surface area contributed by atoms with E-state index in [9.17, 15) is 9.59 Å². The Morgan fingerprint density at radius 1 is 1.29 bits per heavy atom. The molecule has 0 aliphatic carbocycles. The number of nitrogens with one attached hydrogen (secondary N) is 2. The van der Waals surface area contributed by atoms with Gasteiger partial charge in [-0.05, 0) is 31.0 Å². The Balaban J connectivity index is 2.49. The zero-order valence-electron chi connectivity index (χ0n) is 13.6. The minimum Gasteiger partial charge on any atom is -0.364 e. The van der Waals surface area contributed by atoms with Gasteiger partial charge in [0.2, 0.25) is 0 Å². The van der Waals surface area contributed by atoms with Crippen molar-refractivity contribution in [3.05, 3.63) is 45.9 Å². The van der Waals surface area contributed by atoms with Gasteiger partial charge >= 0.3 is 0 Å². The summed E-state index contributed by atoms with van der Waals surface area (Å²) in [5, 5.41) is 5.75. The van der Waals surface area contributed by atoms with Crippen molar-refractivity contribution in [3.8, 4) is 0 Å². The van der Waals surface area contributed by atoms with Crippen molar-refractivity contribution in [2.45, 2.75) is 20.3 Å². The van der Waals surface area contributed by atoms with Crippen LogP contribution < -0.4 is 16.4 Å². The average Bonchev–Trinajstić information content (AvgIpc) is 2.56. The van der Waals surface area contributed by atoms with Crippen LogP contribution in [-0.2, 0) is 6.42 Å². The predicted molar refractivity (Wildman–Crippen MR) is 92.8 cm³/mol. The molecule has 24 heavy (non-hydrogen) atoms. The Kier molecular flexibility index (Phi) is 5.35. The predicted octanol–water partition coefficient (Wildman–Crippen LogP) is 2.20. The zero-order valence-corrected chi connectivity index (χ0v) is 14.4. The lowest BCUT2D eigenvalue weighted by Crippen LogP contribution is -2.19. The van der Waals surface area contributed by atoms with E-state index in [0.29, 0.717) is 23.4 Å². The van der Waals surface area contributed by atoms with E-state index >= 15 is 0 Å². The molecule has 0 spiro atoms. The van der Waals surface area contributed by atoms with E-state index in [2.05, 4.69) is 20.6 Å². The van der Waals surface area contributed by atoms with Crippen molar-refractivity contribution in [3.63, 3.8) is 0 Å². The molecule has 0 atom stereocenters. The first-order valence-electron chi connectivity index (χ1n) is 7.33. The molecule has 1 aromatic heterocycles. The molecule has 0 fully saturated rings. The molecule has 126 valence electrons. The number of nitrogens with zero attached hydrogens (tertiary/aromatic N) is 2. The van der Waals surface area contributed by atoms with Gasteiger partial charge in [0.05, 0.1) is 5.69 Å². The minimum absolute atomic E-state index is 0.000922. The summed E-state index contributed by atoms with van der Waals surface area (Å²) >= 11 is 6.09. The number of rotatable bonds is 5. The van der Waals surface area contributed by atoms with E-state index in [1.165, 1.54) is 0 Å². The third-order valence-corrected chi connectivity index (χ3v) is 3.77. The van der Waals surface area contributed by atoms with Crippen LogP contribution in [0.4, 0.5) is 11.5 Å². The lowest BCUT2D eigenvalue weighted by Gasteiger charge is -2.13. The Morgan fingerprint density at radius 3 is 2.58 bits per heavy atom. The van der Waals surface area contributed by atoms with Gasteiger partial charge in [-0.1, -0.05) is 24.6 Å². The first-order valence-corrected chi connectivity index (χ1v) is 7.71. The number of carbonyl (C=O) groups is 2. The van der Waals surface area contributed by atoms with Crippen molar-refractivity contribution in [2.75, 3.05) is 12.4 Å². The molecule has 0 saturated heterocycles. The van der Waals surface area contributed by atoms with Gasteiger partial charge in [-0.15, -0.1) is 0 Å². The molecule has 0 saturated carbocycles. The van der Waals surface area contributed by atoms with Gasteiger partial charge < -0.3 is 16.4 Å². The summed E-state index contributed by atoms with van der Waals surface area (Å²) in [6.07, 6.45) is 0.525. The fourth-order valence-corrected chi connectivity index (χ4v) is 2.36. The third-order valence-electron chi connectivity index (χ3n) is 3.47. The van der Waals surface area contributed by atoms with E-state index < -0.39 is 5.91 Å². The standard InChI is InChI=1S/C16H18ClN5O2/c1-4-10-13(17)22-15(12(20-10)14(18)23)21-11-7-9(16(24)19-3)6-5-8(11)2/h5-7H,4H2,1-3H3,(H2,18,23)(H,19,24)(H,21,22). The van der Waals surface area contributed by atoms with Gasteiger partial charge in [0.1, 0.15) is 0 Å². The Hall–Kier alpha value is -2.67. The van der Waals surface area contributed by atoms with Gasteiger partial charge in [-0.25, -0.2) is 9.97 Å². The zero-order chi connectivity index (χ0) is 17.9. The lowest BCUT2D eigenvalue weighted by molar-refractivity contribution is 0.0961. The van der Waals surface area contributed by atoms with Gasteiger partial charge in [0.25, 0.3) is 11.8 Å². The van der Waals surface area contributed by atoms with Crippen molar-refractivity contribution in [1.29, 1.82) is 0 Å². The van der Waals surface area contributed by atoms with Crippen LogP contribution in [0.3, 0.4) is 0 Å². The van der Waals surface area contributed by atoms with E-state index in [4.69, 9.17) is 17.3 Å². The second kappa shape index (κ2) is 7.27.